The Labute approximate surface area is 227 Å². The molecule has 2 aliphatic rings. The number of fused-ring (bicyclic) bond motifs is 1. The number of halogens is 2. The number of hydrogen-bond acceptors (Lipinski definition) is 6. The molecule has 200 valence electrons. The van der Waals surface area contributed by atoms with E-state index >= 15 is 4.39 Å². The summed E-state index contributed by atoms with van der Waals surface area (Å²) in [5.74, 6) is -0.863. The van der Waals surface area contributed by atoms with E-state index in [9.17, 15) is 9.59 Å². The van der Waals surface area contributed by atoms with Crippen molar-refractivity contribution in [3.05, 3.63) is 58.4 Å². The maximum absolute atomic E-state index is 15.3. The molecule has 1 saturated carbocycles. The van der Waals surface area contributed by atoms with Crippen molar-refractivity contribution in [3.63, 3.8) is 0 Å². The van der Waals surface area contributed by atoms with Crippen LogP contribution in [-0.2, 0) is 21.5 Å². The van der Waals surface area contributed by atoms with Crippen LogP contribution in [0.3, 0.4) is 0 Å². The lowest BCUT2D eigenvalue weighted by molar-refractivity contribution is -0.150. The predicted molar refractivity (Wildman–Crippen MR) is 144 cm³/mol. The Hall–Kier alpha value is -2.94. The van der Waals surface area contributed by atoms with Crippen molar-refractivity contribution in [1.29, 1.82) is 5.41 Å². The summed E-state index contributed by atoms with van der Waals surface area (Å²) in [6.45, 7) is 6.40. The quantitative estimate of drug-likeness (QED) is 0.292. The largest absolute Gasteiger partial charge is 0.490 e. The molecule has 2 aromatic carbocycles. The molecule has 0 spiro atoms. The summed E-state index contributed by atoms with van der Waals surface area (Å²) >= 11 is 0. The Kier molecular flexibility index (Phi) is 9.34. The van der Waals surface area contributed by atoms with Crippen LogP contribution >= 0.6 is 17.0 Å². The molecule has 0 amide bonds. The molecule has 7 nitrogen and oxygen atoms in total. The number of ether oxygens (including phenoxy) is 3. The van der Waals surface area contributed by atoms with Crippen molar-refractivity contribution in [2.45, 2.75) is 58.4 Å². The number of carbonyl (C=O) groups excluding carboxylic acids is 2. The van der Waals surface area contributed by atoms with Crippen LogP contribution in [0.15, 0.2) is 30.3 Å². The van der Waals surface area contributed by atoms with Gasteiger partial charge in [0, 0.05) is 12.1 Å². The van der Waals surface area contributed by atoms with Crippen LogP contribution < -0.4 is 9.47 Å². The van der Waals surface area contributed by atoms with Gasteiger partial charge in [0.1, 0.15) is 5.84 Å². The van der Waals surface area contributed by atoms with Crippen LogP contribution in [0.4, 0.5) is 4.39 Å². The van der Waals surface area contributed by atoms with Gasteiger partial charge in [0.2, 0.25) is 0 Å². The minimum Gasteiger partial charge on any atom is -0.490 e. The zero-order valence-electron chi connectivity index (χ0n) is 21.5. The molecule has 37 heavy (non-hydrogen) atoms. The summed E-state index contributed by atoms with van der Waals surface area (Å²) in [5.41, 5.74) is 1.24. The van der Waals surface area contributed by atoms with Crippen molar-refractivity contribution >= 4 is 34.6 Å². The highest BCUT2D eigenvalue weighted by atomic mass is 79.9. The van der Waals surface area contributed by atoms with E-state index in [1.54, 1.807) is 49.9 Å². The Morgan fingerprint density at radius 2 is 1.76 bits per heavy atom. The lowest BCUT2D eigenvalue weighted by Crippen LogP contribution is -2.35. The molecule has 0 atom stereocenters. The van der Waals surface area contributed by atoms with Gasteiger partial charge in [0.25, 0.3) is 0 Å². The van der Waals surface area contributed by atoms with Gasteiger partial charge in [-0.3, -0.25) is 15.0 Å². The normalized spacial score (nSPS) is 15.7. The number of nitrogens with one attached hydrogen (secondary N) is 1. The predicted octanol–water partition coefficient (Wildman–Crippen LogP) is 5.60. The average Bonchev–Trinajstić information content (AvgIpc) is 3.48. The van der Waals surface area contributed by atoms with Crippen molar-refractivity contribution in [1.82, 2.24) is 4.90 Å². The molecule has 2 aromatic rings. The molecule has 0 radical (unpaired) electrons. The number of ketones is 1. The van der Waals surface area contributed by atoms with Crippen LogP contribution in [0, 0.1) is 11.2 Å². The first-order valence-electron chi connectivity index (χ1n) is 12.6. The summed E-state index contributed by atoms with van der Waals surface area (Å²) in [5, 5.41) is 8.57. The van der Waals surface area contributed by atoms with Crippen LogP contribution in [0.25, 0.3) is 0 Å². The van der Waals surface area contributed by atoms with Crippen LogP contribution in [0.5, 0.6) is 11.5 Å². The van der Waals surface area contributed by atoms with E-state index in [2.05, 4.69) is 0 Å². The molecular formula is C28H34BrFN2O5. The highest BCUT2D eigenvalue weighted by Gasteiger charge is 2.44. The number of Topliss-reactive ketones (excluding diaryl/α,β-unsaturated/α-hetero) is 1. The Bertz CT molecular complexity index is 1180. The van der Waals surface area contributed by atoms with Gasteiger partial charge in [-0.25, -0.2) is 4.39 Å². The molecule has 1 heterocycles. The fourth-order valence-corrected chi connectivity index (χ4v) is 5.27. The third-order valence-corrected chi connectivity index (χ3v) is 6.97. The van der Waals surface area contributed by atoms with Crippen LogP contribution in [0.2, 0.25) is 0 Å². The van der Waals surface area contributed by atoms with Gasteiger partial charge in [-0.2, -0.15) is 0 Å². The van der Waals surface area contributed by atoms with Crippen molar-refractivity contribution in [2.75, 3.05) is 26.4 Å². The van der Waals surface area contributed by atoms with Gasteiger partial charge >= 0.3 is 5.97 Å². The average molecular weight is 577 g/mol. The fourth-order valence-electron chi connectivity index (χ4n) is 5.27. The molecular weight excluding hydrogens is 543 g/mol. The molecule has 0 saturated heterocycles. The third kappa shape index (κ3) is 5.37. The summed E-state index contributed by atoms with van der Waals surface area (Å²) in [6, 6.07) is 8.85. The molecule has 9 heteroatoms. The number of benzene rings is 2. The van der Waals surface area contributed by atoms with E-state index in [1.165, 1.54) is 0 Å². The van der Waals surface area contributed by atoms with E-state index < -0.39 is 11.2 Å². The smallest absolute Gasteiger partial charge is 0.316 e. The second-order valence-corrected chi connectivity index (χ2v) is 9.14. The van der Waals surface area contributed by atoms with E-state index in [1.807, 2.05) is 6.07 Å². The number of amidine groups is 1. The first-order valence-corrected chi connectivity index (χ1v) is 12.6. The van der Waals surface area contributed by atoms with Gasteiger partial charge < -0.3 is 19.1 Å². The van der Waals surface area contributed by atoms with Gasteiger partial charge in [-0.05, 0) is 56.9 Å². The van der Waals surface area contributed by atoms with E-state index in [4.69, 9.17) is 19.6 Å². The first-order chi connectivity index (χ1) is 17.4. The molecule has 1 aliphatic carbocycles. The maximum Gasteiger partial charge on any atom is 0.316 e. The summed E-state index contributed by atoms with van der Waals surface area (Å²) < 4.78 is 31.8. The van der Waals surface area contributed by atoms with Gasteiger partial charge in [-0.15, -0.1) is 17.0 Å². The molecule has 1 N–H and O–H groups in total. The summed E-state index contributed by atoms with van der Waals surface area (Å²) in [6.07, 6.45) is 3.25. The zero-order valence-corrected chi connectivity index (χ0v) is 23.2. The van der Waals surface area contributed by atoms with Crippen LogP contribution in [-0.4, -0.2) is 48.9 Å². The van der Waals surface area contributed by atoms with Gasteiger partial charge in [-0.1, -0.05) is 31.0 Å². The fraction of sp³-hybridized carbons (Fsp3) is 0.464. The monoisotopic (exact) mass is 576 g/mol. The van der Waals surface area contributed by atoms with E-state index in [-0.39, 0.29) is 65.6 Å². The molecule has 0 bridgehead atoms. The van der Waals surface area contributed by atoms with Crippen molar-refractivity contribution < 1.29 is 28.2 Å². The number of carbonyl (C=O) groups is 2. The lowest BCUT2D eigenvalue weighted by atomic mass is 9.78. The highest BCUT2D eigenvalue weighted by Crippen LogP contribution is 2.43. The Morgan fingerprint density at radius 3 is 2.41 bits per heavy atom. The van der Waals surface area contributed by atoms with E-state index in [0.29, 0.717) is 42.9 Å². The molecule has 1 fully saturated rings. The zero-order chi connectivity index (χ0) is 25.9. The number of rotatable bonds is 10. The summed E-state index contributed by atoms with van der Waals surface area (Å²) in [4.78, 5) is 27.7. The Morgan fingerprint density at radius 1 is 1.05 bits per heavy atom. The van der Waals surface area contributed by atoms with Gasteiger partial charge in [0.05, 0.1) is 37.3 Å². The molecule has 0 unspecified atom stereocenters. The third-order valence-electron chi connectivity index (χ3n) is 6.97. The van der Waals surface area contributed by atoms with Crippen molar-refractivity contribution in [3.8, 4) is 11.5 Å². The number of nitrogens with zero attached hydrogens (tertiary/aromatic N) is 1. The second kappa shape index (κ2) is 12.1. The minimum atomic E-state index is -0.725. The standard InChI is InChI=1S/C28H33FN2O5.BrH/c1-4-34-22-15-19-16-31(26(30)23(19)24(29)25(22)35-5-2)17-21(32)18-10-9-11-20(14-18)28(12-7-8-13-28)27(33)36-6-3;/h9-11,14-15,30H,4-8,12-13,16-17H2,1-3H3;1H. The topological polar surface area (TPSA) is 88.9 Å². The lowest BCUT2D eigenvalue weighted by Gasteiger charge is -2.27. The summed E-state index contributed by atoms with van der Waals surface area (Å²) in [7, 11) is 0. The number of esters is 1. The minimum absolute atomic E-state index is 0. The highest BCUT2D eigenvalue weighted by molar-refractivity contribution is 8.93. The second-order valence-electron chi connectivity index (χ2n) is 9.14. The molecule has 1 aliphatic heterocycles. The Balaban J connectivity index is 0.00000380. The van der Waals surface area contributed by atoms with Crippen LogP contribution in [0.1, 0.15) is 73.5 Å². The maximum atomic E-state index is 15.3. The molecule has 0 aromatic heterocycles. The van der Waals surface area contributed by atoms with Crippen molar-refractivity contribution in [2.24, 2.45) is 0 Å². The number of hydrogen-bond donors (Lipinski definition) is 1. The SMILES string of the molecule is Br.CCOC(=O)C1(c2cccc(C(=O)CN3Cc4cc(OCC)c(OCC)c(F)c4C3=N)c2)CCCC1. The molecule has 4 rings (SSSR count). The van der Waals surface area contributed by atoms with E-state index in [0.717, 1.165) is 18.4 Å². The van der Waals surface area contributed by atoms with Gasteiger partial charge in [0.15, 0.2) is 23.1 Å². The first kappa shape index (κ1) is 28.6.